The van der Waals surface area contributed by atoms with Gasteiger partial charge in [0, 0.05) is 16.0 Å². The van der Waals surface area contributed by atoms with Crippen LogP contribution in [-0.4, -0.2) is 24.0 Å². The van der Waals surface area contributed by atoms with Crippen LogP contribution in [0.25, 0.3) is 0 Å². The number of methoxy groups -OCH3 is 1. The van der Waals surface area contributed by atoms with Crippen molar-refractivity contribution in [1.82, 2.24) is 4.98 Å². The quantitative estimate of drug-likeness (QED) is 0.878. The molecule has 1 aromatic heterocycles. The fourth-order valence-corrected chi connectivity index (χ4v) is 2.44. The molecule has 0 aliphatic rings. The van der Waals surface area contributed by atoms with Crippen LogP contribution in [0, 0.1) is 6.92 Å². The van der Waals surface area contributed by atoms with Gasteiger partial charge in [0.1, 0.15) is 0 Å². The lowest BCUT2D eigenvalue weighted by Gasteiger charge is -2.04. The molecule has 7 heteroatoms. The van der Waals surface area contributed by atoms with Crippen LogP contribution in [0.5, 0.6) is 0 Å². The molecule has 21 heavy (non-hydrogen) atoms. The highest BCUT2D eigenvalue weighted by Crippen LogP contribution is 2.19. The summed E-state index contributed by atoms with van der Waals surface area (Å²) < 4.78 is 4.56. The van der Waals surface area contributed by atoms with Gasteiger partial charge in [-0.25, -0.2) is 4.98 Å². The van der Waals surface area contributed by atoms with Crippen LogP contribution in [-0.2, 0) is 16.0 Å². The van der Waals surface area contributed by atoms with Crippen molar-refractivity contribution in [3.8, 4) is 0 Å². The Morgan fingerprint density at radius 1 is 1.43 bits per heavy atom. The van der Waals surface area contributed by atoms with Gasteiger partial charge in [-0.3, -0.25) is 14.9 Å². The summed E-state index contributed by atoms with van der Waals surface area (Å²) in [6.07, 6.45) is 0.0862. The number of halogens is 1. The van der Waals surface area contributed by atoms with Crippen molar-refractivity contribution in [2.75, 3.05) is 12.4 Å². The van der Waals surface area contributed by atoms with Gasteiger partial charge in [-0.1, -0.05) is 11.6 Å². The fraction of sp³-hybridized carbons (Fsp3) is 0.214. The first kappa shape index (κ1) is 15.5. The number of esters is 1. The average Bonchev–Trinajstić information content (AvgIpc) is 2.88. The number of benzene rings is 1. The Labute approximate surface area is 130 Å². The van der Waals surface area contributed by atoms with Crippen LogP contribution in [0.4, 0.5) is 5.13 Å². The largest absolute Gasteiger partial charge is 0.469 e. The van der Waals surface area contributed by atoms with Crippen molar-refractivity contribution in [2.45, 2.75) is 13.3 Å². The molecule has 110 valence electrons. The second-order valence-corrected chi connectivity index (χ2v) is 5.58. The molecule has 0 bridgehead atoms. The Hall–Kier alpha value is -1.92. The van der Waals surface area contributed by atoms with Crippen LogP contribution >= 0.6 is 22.9 Å². The molecule has 1 N–H and O–H groups in total. The maximum Gasteiger partial charge on any atom is 0.311 e. The van der Waals surface area contributed by atoms with Crippen LogP contribution in [0.1, 0.15) is 21.6 Å². The smallest absolute Gasteiger partial charge is 0.311 e. The third kappa shape index (κ3) is 4.03. The Balaban J connectivity index is 2.05. The summed E-state index contributed by atoms with van der Waals surface area (Å²) in [5.74, 6) is -0.639. The molecule has 0 radical (unpaired) electrons. The normalized spacial score (nSPS) is 10.2. The predicted octanol–water partition coefficient (Wildman–Crippen LogP) is 3.07. The third-order valence-corrected chi connectivity index (χ3v) is 3.98. The first-order valence-corrected chi connectivity index (χ1v) is 7.34. The minimum Gasteiger partial charge on any atom is -0.469 e. The summed E-state index contributed by atoms with van der Waals surface area (Å²) >= 11 is 7.18. The molecule has 0 spiro atoms. The number of carbonyl (C=O) groups excluding carboxylic acids is 2. The molecular formula is C14H13ClN2O3S. The second kappa shape index (κ2) is 6.69. The van der Waals surface area contributed by atoms with Crippen molar-refractivity contribution >= 4 is 39.9 Å². The first-order valence-electron chi connectivity index (χ1n) is 6.08. The van der Waals surface area contributed by atoms with Gasteiger partial charge in [-0.05, 0) is 30.7 Å². The summed E-state index contributed by atoms with van der Waals surface area (Å²) in [4.78, 5) is 27.4. The number of carbonyl (C=O) groups is 2. The summed E-state index contributed by atoms with van der Waals surface area (Å²) in [7, 11) is 1.32. The number of hydrogen-bond acceptors (Lipinski definition) is 5. The highest BCUT2D eigenvalue weighted by Gasteiger charge is 2.12. The summed E-state index contributed by atoms with van der Waals surface area (Å²) in [5.41, 5.74) is 1.89. The molecule has 0 atom stereocenters. The van der Waals surface area contributed by atoms with E-state index in [9.17, 15) is 9.59 Å². The minimum absolute atomic E-state index is 0.0862. The molecule has 0 fully saturated rings. The number of aryl methyl sites for hydroxylation is 1. The van der Waals surface area contributed by atoms with E-state index in [0.29, 0.717) is 21.4 Å². The molecule has 0 saturated heterocycles. The highest BCUT2D eigenvalue weighted by atomic mass is 35.5. The molecule has 0 aliphatic heterocycles. The van der Waals surface area contributed by atoms with E-state index >= 15 is 0 Å². The van der Waals surface area contributed by atoms with Crippen LogP contribution < -0.4 is 5.32 Å². The molecule has 1 aromatic carbocycles. The molecule has 2 aromatic rings. The Morgan fingerprint density at radius 2 is 2.19 bits per heavy atom. The summed E-state index contributed by atoms with van der Waals surface area (Å²) in [6, 6.07) is 5.03. The van der Waals surface area contributed by atoms with E-state index in [2.05, 4.69) is 15.0 Å². The van der Waals surface area contributed by atoms with Crippen molar-refractivity contribution in [3.05, 3.63) is 45.4 Å². The lowest BCUT2D eigenvalue weighted by molar-refractivity contribution is -0.139. The SMILES string of the molecule is COC(=O)Cc1csc(NC(=O)c2ccc(Cl)c(C)c2)n1. The summed E-state index contributed by atoms with van der Waals surface area (Å²) in [6.45, 7) is 1.83. The topological polar surface area (TPSA) is 68.3 Å². The van der Waals surface area contributed by atoms with Gasteiger partial charge in [-0.15, -0.1) is 11.3 Å². The third-order valence-electron chi connectivity index (χ3n) is 2.75. The van der Waals surface area contributed by atoms with Crippen molar-refractivity contribution in [1.29, 1.82) is 0 Å². The number of nitrogens with one attached hydrogen (secondary N) is 1. The van der Waals surface area contributed by atoms with Crippen LogP contribution in [0.2, 0.25) is 5.02 Å². The van der Waals surface area contributed by atoms with Gasteiger partial charge >= 0.3 is 5.97 Å². The second-order valence-electron chi connectivity index (χ2n) is 4.31. The number of anilines is 1. The number of hydrogen-bond donors (Lipinski definition) is 1. The molecule has 5 nitrogen and oxygen atoms in total. The van der Waals surface area contributed by atoms with Crippen molar-refractivity contribution in [3.63, 3.8) is 0 Å². The zero-order chi connectivity index (χ0) is 15.4. The van der Waals surface area contributed by atoms with E-state index in [0.717, 1.165) is 5.56 Å². The fourth-order valence-electron chi connectivity index (χ4n) is 1.62. The van der Waals surface area contributed by atoms with Crippen molar-refractivity contribution < 1.29 is 14.3 Å². The monoisotopic (exact) mass is 324 g/mol. The van der Waals surface area contributed by atoms with Gasteiger partial charge in [0.2, 0.25) is 0 Å². The highest BCUT2D eigenvalue weighted by molar-refractivity contribution is 7.14. The first-order chi connectivity index (χ1) is 9.99. The molecule has 0 aliphatic carbocycles. The van der Waals surface area contributed by atoms with E-state index in [1.165, 1.54) is 18.4 Å². The lowest BCUT2D eigenvalue weighted by Crippen LogP contribution is -2.12. The number of thiazole rings is 1. The van der Waals surface area contributed by atoms with Crippen LogP contribution in [0.3, 0.4) is 0 Å². The van der Waals surface area contributed by atoms with Gasteiger partial charge in [-0.2, -0.15) is 0 Å². The molecule has 0 unspecified atom stereocenters. The van der Waals surface area contributed by atoms with Crippen molar-refractivity contribution in [2.24, 2.45) is 0 Å². The maximum absolute atomic E-state index is 12.1. The van der Waals surface area contributed by atoms with Crippen LogP contribution in [0.15, 0.2) is 23.6 Å². The lowest BCUT2D eigenvalue weighted by atomic mass is 10.1. The number of amides is 1. The van der Waals surface area contributed by atoms with Gasteiger partial charge in [0.15, 0.2) is 5.13 Å². The number of nitrogens with zero attached hydrogens (tertiary/aromatic N) is 1. The van der Waals surface area contributed by atoms with E-state index in [1.54, 1.807) is 23.6 Å². The number of ether oxygens (including phenoxy) is 1. The Morgan fingerprint density at radius 3 is 2.86 bits per heavy atom. The number of aromatic nitrogens is 1. The Bertz CT molecular complexity index is 685. The molecule has 0 saturated carbocycles. The zero-order valence-corrected chi connectivity index (χ0v) is 13.0. The summed E-state index contributed by atoms with van der Waals surface area (Å²) in [5, 5.41) is 5.45. The molecule has 1 heterocycles. The van der Waals surface area contributed by atoms with E-state index in [-0.39, 0.29) is 18.3 Å². The Kier molecular flexibility index (Phi) is 4.93. The van der Waals surface area contributed by atoms with E-state index in [4.69, 9.17) is 11.6 Å². The number of rotatable bonds is 4. The van der Waals surface area contributed by atoms with E-state index in [1.807, 2.05) is 6.92 Å². The van der Waals surface area contributed by atoms with Gasteiger partial charge in [0.25, 0.3) is 5.91 Å². The maximum atomic E-state index is 12.1. The molecule has 2 rings (SSSR count). The molecule has 1 amide bonds. The van der Waals surface area contributed by atoms with Gasteiger partial charge < -0.3 is 4.74 Å². The minimum atomic E-state index is -0.369. The van der Waals surface area contributed by atoms with Gasteiger partial charge in [0.05, 0.1) is 19.2 Å². The molecular weight excluding hydrogens is 312 g/mol. The average molecular weight is 325 g/mol. The predicted molar refractivity (Wildman–Crippen MR) is 82.0 cm³/mol. The zero-order valence-electron chi connectivity index (χ0n) is 11.5. The standard InChI is InChI=1S/C14H13ClN2O3S/c1-8-5-9(3-4-11(8)15)13(19)17-14-16-10(7-21-14)6-12(18)20-2/h3-5,7H,6H2,1-2H3,(H,16,17,19). The van der Waals surface area contributed by atoms with E-state index < -0.39 is 0 Å².